The standard InChI is InChI=1S/C6H11N/c1-3-5(2)6-4-7-6/h5H,3-4H2,1-2H3. The van der Waals surface area contributed by atoms with Gasteiger partial charge in [-0.15, -0.1) is 0 Å². The summed E-state index contributed by atoms with van der Waals surface area (Å²) in [5.41, 5.74) is 1.42. The molecule has 1 unspecified atom stereocenters. The van der Waals surface area contributed by atoms with Crippen LogP contribution in [-0.4, -0.2) is 12.3 Å². The minimum absolute atomic E-state index is 0.764. The lowest BCUT2D eigenvalue weighted by Gasteiger charge is -1.95. The van der Waals surface area contributed by atoms with Gasteiger partial charge < -0.3 is 0 Å². The molecule has 1 nitrogen and oxygen atoms in total. The van der Waals surface area contributed by atoms with E-state index in [0.29, 0.717) is 0 Å². The van der Waals surface area contributed by atoms with Crippen molar-refractivity contribution in [2.24, 2.45) is 10.9 Å². The van der Waals surface area contributed by atoms with Crippen LogP contribution in [0.5, 0.6) is 0 Å². The van der Waals surface area contributed by atoms with E-state index >= 15 is 0 Å². The minimum Gasteiger partial charge on any atom is -0.286 e. The summed E-state index contributed by atoms with van der Waals surface area (Å²) in [7, 11) is 0. The lowest BCUT2D eigenvalue weighted by Crippen LogP contribution is -1.97. The second-order valence-corrected chi connectivity index (χ2v) is 2.12. The molecule has 0 bridgehead atoms. The van der Waals surface area contributed by atoms with Crippen molar-refractivity contribution in [2.45, 2.75) is 20.3 Å². The van der Waals surface area contributed by atoms with Gasteiger partial charge in [-0.05, 0) is 12.3 Å². The van der Waals surface area contributed by atoms with Gasteiger partial charge in [-0.2, -0.15) is 0 Å². The summed E-state index contributed by atoms with van der Waals surface area (Å²) in [5, 5.41) is 0. The monoisotopic (exact) mass is 97.1 g/mol. The smallest absolute Gasteiger partial charge is 0.0771 e. The summed E-state index contributed by atoms with van der Waals surface area (Å²) in [6.07, 6.45) is 1.25. The number of nitrogens with zero attached hydrogens (tertiary/aromatic N) is 1. The normalized spacial score (nSPS) is 21.1. The second-order valence-electron chi connectivity index (χ2n) is 2.12. The van der Waals surface area contributed by atoms with Gasteiger partial charge in [0.1, 0.15) is 0 Å². The Bertz CT molecular complexity index is 94.4. The molecule has 0 spiro atoms. The van der Waals surface area contributed by atoms with E-state index < -0.39 is 0 Å². The zero-order valence-electron chi connectivity index (χ0n) is 4.94. The van der Waals surface area contributed by atoms with Crippen LogP contribution < -0.4 is 0 Å². The third-order valence-electron chi connectivity index (χ3n) is 1.52. The zero-order chi connectivity index (χ0) is 5.28. The van der Waals surface area contributed by atoms with Crippen molar-refractivity contribution in [3.05, 3.63) is 0 Å². The van der Waals surface area contributed by atoms with E-state index in [1.165, 1.54) is 12.1 Å². The van der Waals surface area contributed by atoms with Gasteiger partial charge in [-0.3, -0.25) is 4.99 Å². The summed E-state index contributed by atoms with van der Waals surface area (Å²) in [5.74, 6) is 0.764. The fourth-order valence-electron chi connectivity index (χ4n) is 0.593. The molecule has 0 saturated heterocycles. The maximum Gasteiger partial charge on any atom is 0.0771 e. The molecule has 0 fully saturated rings. The van der Waals surface area contributed by atoms with Crippen LogP contribution in [-0.2, 0) is 0 Å². The number of rotatable bonds is 2. The van der Waals surface area contributed by atoms with E-state index in [9.17, 15) is 0 Å². The Morgan fingerprint density at radius 2 is 2.43 bits per heavy atom. The molecule has 0 aromatic rings. The fourth-order valence-corrected chi connectivity index (χ4v) is 0.593. The van der Waals surface area contributed by atoms with Crippen molar-refractivity contribution in [1.82, 2.24) is 0 Å². The summed E-state index contributed by atoms with van der Waals surface area (Å²) in [6, 6.07) is 0. The SMILES string of the molecule is CCC(C)C1=NC1. The summed E-state index contributed by atoms with van der Waals surface area (Å²) < 4.78 is 0. The first-order valence-corrected chi connectivity index (χ1v) is 2.87. The highest BCUT2D eigenvalue weighted by molar-refractivity contribution is 5.98. The molecule has 1 heterocycles. The van der Waals surface area contributed by atoms with Gasteiger partial charge in [-0.25, -0.2) is 0 Å². The van der Waals surface area contributed by atoms with Crippen LogP contribution in [0.1, 0.15) is 20.3 Å². The van der Waals surface area contributed by atoms with E-state index in [-0.39, 0.29) is 0 Å². The van der Waals surface area contributed by atoms with Crippen LogP contribution >= 0.6 is 0 Å². The van der Waals surface area contributed by atoms with E-state index in [1.807, 2.05) is 0 Å². The Kier molecular flexibility index (Phi) is 1.13. The molecule has 0 aromatic carbocycles. The highest BCUT2D eigenvalue weighted by Crippen LogP contribution is 2.11. The van der Waals surface area contributed by atoms with Gasteiger partial charge >= 0.3 is 0 Å². The molecule has 0 aliphatic carbocycles. The Morgan fingerprint density at radius 1 is 1.86 bits per heavy atom. The van der Waals surface area contributed by atoms with Gasteiger partial charge in [0.15, 0.2) is 0 Å². The third kappa shape index (κ3) is 1.02. The molecule has 1 rings (SSSR count). The van der Waals surface area contributed by atoms with Crippen LogP contribution in [0.3, 0.4) is 0 Å². The van der Waals surface area contributed by atoms with Crippen LogP contribution in [0.4, 0.5) is 0 Å². The lowest BCUT2D eigenvalue weighted by atomic mass is 10.1. The molecule has 40 valence electrons. The molecule has 1 aliphatic rings. The molecule has 0 N–H and O–H groups in total. The number of hydrogen-bond donors (Lipinski definition) is 0. The predicted molar refractivity (Wildman–Crippen MR) is 31.8 cm³/mol. The first-order valence-electron chi connectivity index (χ1n) is 2.87. The second kappa shape index (κ2) is 1.65. The summed E-state index contributed by atoms with van der Waals surface area (Å²) in [6.45, 7) is 5.48. The van der Waals surface area contributed by atoms with Gasteiger partial charge in [0, 0.05) is 5.71 Å². The molecular weight excluding hydrogens is 86.1 g/mol. The average molecular weight is 97.2 g/mol. The van der Waals surface area contributed by atoms with Gasteiger partial charge in [0.25, 0.3) is 0 Å². The average Bonchev–Trinajstić information content (AvgIpc) is 2.44. The van der Waals surface area contributed by atoms with Gasteiger partial charge in [0.05, 0.1) is 6.54 Å². The van der Waals surface area contributed by atoms with Crippen molar-refractivity contribution < 1.29 is 0 Å². The van der Waals surface area contributed by atoms with E-state index in [2.05, 4.69) is 18.8 Å². The molecule has 0 saturated carbocycles. The Labute approximate surface area is 44.5 Å². The first kappa shape index (κ1) is 4.82. The molecule has 0 aromatic heterocycles. The highest BCUT2D eigenvalue weighted by atomic mass is 14.9. The van der Waals surface area contributed by atoms with Crippen LogP contribution in [0.15, 0.2) is 4.99 Å². The quantitative estimate of drug-likeness (QED) is 0.495. The molecule has 1 atom stereocenters. The van der Waals surface area contributed by atoms with Crippen LogP contribution in [0, 0.1) is 5.92 Å². The fraction of sp³-hybridized carbons (Fsp3) is 0.833. The van der Waals surface area contributed by atoms with Gasteiger partial charge in [-0.1, -0.05) is 13.8 Å². The van der Waals surface area contributed by atoms with E-state index in [0.717, 1.165) is 12.5 Å². The Balaban J connectivity index is 2.24. The van der Waals surface area contributed by atoms with Crippen LogP contribution in [0.25, 0.3) is 0 Å². The topological polar surface area (TPSA) is 12.4 Å². The molecule has 1 heteroatoms. The first-order chi connectivity index (χ1) is 3.34. The van der Waals surface area contributed by atoms with Crippen molar-refractivity contribution in [3.8, 4) is 0 Å². The van der Waals surface area contributed by atoms with E-state index in [1.54, 1.807) is 0 Å². The van der Waals surface area contributed by atoms with Crippen molar-refractivity contribution in [1.29, 1.82) is 0 Å². The lowest BCUT2D eigenvalue weighted by molar-refractivity contribution is 0.750. The number of aliphatic imine (C=N–C) groups is 1. The van der Waals surface area contributed by atoms with Crippen LogP contribution in [0.2, 0.25) is 0 Å². The zero-order valence-corrected chi connectivity index (χ0v) is 4.94. The maximum absolute atomic E-state index is 4.09. The van der Waals surface area contributed by atoms with Crippen molar-refractivity contribution >= 4 is 5.71 Å². The largest absolute Gasteiger partial charge is 0.286 e. The molecule has 7 heavy (non-hydrogen) atoms. The Hall–Kier alpha value is -0.330. The van der Waals surface area contributed by atoms with Crippen molar-refractivity contribution in [2.75, 3.05) is 6.54 Å². The molecule has 1 aliphatic heterocycles. The molecular formula is C6H11N. The highest BCUT2D eigenvalue weighted by Gasteiger charge is 2.15. The third-order valence-corrected chi connectivity index (χ3v) is 1.52. The minimum atomic E-state index is 0.764. The molecule has 0 amide bonds. The van der Waals surface area contributed by atoms with Crippen molar-refractivity contribution in [3.63, 3.8) is 0 Å². The Morgan fingerprint density at radius 3 is 2.57 bits per heavy atom. The molecule has 0 radical (unpaired) electrons. The summed E-state index contributed by atoms with van der Waals surface area (Å²) in [4.78, 5) is 4.09. The van der Waals surface area contributed by atoms with E-state index in [4.69, 9.17) is 0 Å². The number of hydrogen-bond acceptors (Lipinski definition) is 1. The maximum atomic E-state index is 4.09. The predicted octanol–water partition coefficient (Wildman–Crippen LogP) is 1.49. The summed E-state index contributed by atoms with van der Waals surface area (Å²) >= 11 is 0. The van der Waals surface area contributed by atoms with Gasteiger partial charge in [0.2, 0.25) is 0 Å².